The van der Waals surface area contributed by atoms with Gasteiger partial charge in [0.15, 0.2) is 0 Å². The van der Waals surface area contributed by atoms with E-state index >= 15 is 0 Å². The number of hydrogen-bond acceptors (Lipinski definition) is 3. The summed E-state index contributed by atoms with van der Waals surface area (Å²) < 4.78 is 5.79. The van der Waals surface area contributed by atoms with Gasteiger partial charge < -0.3 is 10.1 Å². The zero-order chi connectivity index (χ0) is 17.5. The predicted molar refractivity (Wildman–Crippen MR) is 96.9 cm³/mol. The average molecular weight is 332 g/mol. The van der Waals surface area contributed by atoms with Gasteiger partial charge >= 0.3 is 0 Å². The minimum atomic E-state index is -0.302. The molecule has 1 aliphatic rings. The summed E-state index contributed by atoms with van der Waals surface area (Å²) in [4.78, 5) is 12.3. The van der Waals surface area contributed by atoms with Crippen molar-refractivity contribution in [2.45, 2.75) is 31.7 Å². The van der Waals surface area contributed by atoms with Crippen molar-refractivity contribution >= 4 is 12.0 Å². The van der Waals surface area contributed by atoms with Crippen molar-refractivity contribution in [1.29, 1.82) is 5.26 Å². The molecule has 0 saturated heterocycles. The van der Waals surface area contributed by atoms with Crippen LogP contribution >= 0.6 is 0 Å². The number of benzene rings is 2. The van der Waals surface area contributed by atoms with Gasteiger partial charge in [0, 0.05) is 6.04 Å². The van der Waals surface area contributed by atoms with E-state index < -0.39 is 0 Å². The van der Waals surface area contributed by atoms with Gasteiger partial charge in [0.25, 0.3) is 5.91 Å². The first-order valence-corrected chi connectivity index (χ1v) is 8.50. The van der Waals surface area contributed by atoms with Crippen molar-refractivity contribution in [3.8, 4) is 17.6 Å². The van der Waals surface area contributed by atoms with Crippen LogP contribution in [0.3, 0.4) is 0 Å². The van der Waals surface area contributed by atoms with Gasteiger partial charge in [0.05, 0.1) is 0 Å². The Hall–Kier alpha value is -3.06. The Morgan fingerprint density at radius 2 is 1.80 bits per heavy atom. The molecule has 4 nitrogen and oxygen atoms in total. The Labute approximate surface area is 147 Å². The molecule has 4 heteroatoms. The average Bonchev–Trinajstić information content (AvgIpc) is 3.14. The summed E-state index contributed by atoms with van der Waals surface area (Å²) in [5.41, 5.74) is 0.871. The third-order valence-electron chi connectivity index (χ3n) is 4.20. The van der Waals surface area contributed by atoms with E-state index in [4.69, 9.17) is 4.74 Å². The van der Waals surface area contributed by atoms with E-state index in [1.54, 1.807) is 6.08 Å². The number of hydrogen-bond donors (Lipinski definition) is 1. The fourth-order valence-electron chi connectivity index (χ4n) is 2.94. The van der Waals surface area contributed by atoms with Crippen LogP contribution in [0.4, 0.5) is 0 Å². The normalized spacial score (nSPS) is 14.8. The molecule has 0 bridgehead atoms. The van der Waals surface area contributed by atoms with Gasteiger partial charge in [0.2, 0.25) is 0 Å². The van der Waals surface area contributed by atoms with Crippen LogP contribution in [0, 0.1) is 11.3 Å². The smallest absolute Gasteiger partial charge is 0.262 e. The molecule has 0 spiro atoms. The summed E-state index contributed by atoms with van der Waals surface area (Å²) in [6, 6.07) is 19.0. The van der Waals surface area contributed by atoms with Gasteiger partial charge in [-0.05, 0) is 48.7 Å². The number of nitrogens with one attached hydrogen (secondary N) is 1. The van der Waals surface area contributed by atoms with Gasteiger partial charge in [-0.1, -0.05) is 43.2 Å². The molecule has 1 saturated carbocycles. The van der Waals surface area contributed by atoms with Gasteiger partial charge in [-0.15, -0.1) is 0 Å². The van der Waals surface area contributed by atoms with Gasteiger partial charge in [-0.2, -0.15) is 5.26 Å². The highest BCUT2D eigenvalue weighted by Crippen LogP contribution is 2.23. The minimum Gasteiger partial charge on any atom is -0.457 e. The summed E-state index contributed by atoms with van der Waals surface area (Å²) in [6.07, 6.45) is 5.85. The van der Waals surface area contributed by atoms with E-state index in [0.717, 1.165) is 37.0 Å². The van der Waals surface area contributed by atoms with E-state index in [9.17, 15) is 10.1 Å². The summed E-state index contributed by atoms with van der Waals surface area (Å²) >= 11 is 0. The number of rotatable bonds is 5. The van der Waals surface area contributed by atoms with Crippen LogP contribution < -0.4 is 10.1 Å². The lowest BCUT2D eigenvalue weighted by atomic mass is 10.1. The van der Waals surface area contributed by atoms with Crippen molar-refractivity contribution < 1.29 is 9.53 Å². The highest BCUT2D eigenvalue weighted by molar-refractivity contribution is 6.01. The van der Waals surface area contributed by atoms with Crippen LogP contribution in [0.2, 0.25) is 0 Å². The number of nitriles is 1. The highest BCUT2D eigenvalue weighted by atomic mass is 16.5. The molecule has 1 N–H and O–H groups in total. The van der Waals surface area contributed by atoms with E-state index in [1.165, 1.54) is 0 Å². The maximum absolute atomic E-state index is 12.3. The molecule has 2 aromatic carbocycles. The van der Waals surface area contributed by atoms with Crippen molar-refractivity contribution in [2.75, 3.05) is 0 Å². The molecule has 0 radical (unpaired) electrons. The fourth-order valence-corrected chi connectivity index (χ4v) is 2.94. The highest BCUT2D eigenvalue weighted by Gasteiger charge is 2.19. The van der Waals surface area contributed by atoms with E-state index in [1.807, 2.05) is 60.7 Å². The summed E-state index contributed by atoms with van der Waals surface area (Å²) in [6.45, 7) is 0. The maximum Gasteiger partial charge on any atom is 0.262 e. The Kier molecular flexibility index (Phi) is 5.48. The molecule has 0 heterocycles. The van der Waals surface area contributed by atoms with Gasteiger partial charge in [-0.25, -0.2) is 0 Å². The van der Waals surface area contributed by atoms with Crippen LogP contribution in [0.25, 0.3) is 6.08 Å². The molecule has 0 aliphatic heterocycles. The Bertz CT molecular complexity index is 800. The van der Waals surface area contributed by atoms with Crippen LogP contribution in [-0.2, 0) is 4.79 Å². The molecular formula is C21H20N2O2. The predicted octanol–water partition coefficient (Wildman–Crippen LogP) is 4.44. The topological polar surface area (TPSA) is 62.1 Å². The lowest BCUT2D eigenvalue weighted by Crippen LogP contribution is -2.33. The molecule has 0 aromatic heterocycles. The van der Waals surface area contributed by atoms with Crippen molar-refractivity contribution in [3.05, 3.63) is 65.7 Å². The first-order chi connectivity index (χ1) is 12.2. The second-order valence-corrected chi connectivity index (χ2v) is 6.11. The number of para-hydroxylation sites is 1. The molecule has 1 fully saturated rings. The molecule has 2 aromatic rings. The van der Waals surface area contributed by atoms with E-state index in [-0.39, 0.29) is 17.5 Å². The minimum absolute atomic E-state index is 0.115. The number of carbonyl (C=O) groups excluding carboxylic acids is 1. The lowest BCUT2D eigenvalue weighted by molar-refractivity contribution is -0.117. The second kappa shape index (κ2) is 8.16. The number of carbonyl (C=O) groups is 1. The first kappa shape index (κ1) is 16.8. The zero-order valence-electron chi connectivity index (χ0n) is 13.9. The molecule has 3 rings (SSSR count). The van der Waals surface area contributed by atoms with Crippen LogP contribution in [-0.4, -0.2) is 11.9 Å². The Morgan fingerprint density at radius 1 is 1.08 bits per heavy atom. The van der Waals surface area contributed by atoms with Crippen molar-refractivity contribution in [3.63, 3.8) is 0 Å². The van der Waals surface area contributed by atoms with Crippen LogP contribution in [0.1, 0.15) is 31.2 Å². The third kappa shape index (κ3) is 4.71. The quantitative estimate of drug-likeness (QED) is 0.650. The molecule has 1 amide bonds. The Morgan fingerprint density at radius 3 is 2.52 bits per heavy atom. The number of amides is 1. The standard InChI is InChI=1S/C21H20N2O2/c22-15-17(21(24)23-18-8-4-5-9-18)13-16-7-6-12-20(14-16)25-19-10-2-1-3-11-19/h1-3,6-7,10-14,18H,4-5,8-9H2,(H,23,24). The van der Waals surface area contributed by atoms with Gasteiger partial charge in [-0.3, -0.25) is 4.79 Å². The SMILES string of the molecule is N#CC(=Cc1cccc(Oc2ccccc2)c1)C(=O)NC1CCCC1. The van der Waals surface area contributed by atoms with Crippen LogP contribution in [0.5, 0.6) is 11.5 Å². The summed E-state index contributed by atoms with van der Waals surface area (Å²) in [7, 11) is 0. The molecular weight excluding hydrogens is 312 g/mol. The summed E-state index contributed by atoms with van der Waals surface area (Å²) in [5, 5.41) is 12.3. The Balaban J connectivity index is 1.73. The monoisotopic (exact) mass is 332 g/mol. The maximum atomic E-state index is 12.3. The molecule has 126 valence electrons. The van der Waals surface area contributed by atoms with E-state index in [2.05, 4.69) is 5.32 Å². The molecule has 0 unspecified atom stereocenters. The van der Waals surface area contributed by atoms with Crippen LogP contribution in [0.15, 0.2) is 60.2 Å². The molecule has 1 aliphatic carbocycles. The second-order valence-electron chi connectivity index (χ2n) is 6.11. The zero-order valence-corrected chi connectivity index (χ0v) is 13.9. The van der Waals surface area contributed by atoms with Crippen molar-refractivity contribution in [1.82, 2.24) is 5.32 Å². The van der Waals surface area contributed by atoms with E-state index in [0.29, 0.717) is 5.75 Å². The van der Waals surface area contributed by atoms with Gasteiger partial charge in [0.1, 0.15) is 23.1 Å². The molecule has 25 heavy (non-hydrogen) atoms. The number of ether oxygens (including phenoxy) is 1. The number of nitrogens with zero attached hydrogens (tertiary/aromatic N) is 1. The third-order valence-corrected chi connectivity index (χ3v) is 4.20. The largest absolute Gasteiger partial charge is 0.457 e. The summed E-state index contributed by atoms with van der Waals surface area (Å²) in [5.74, 6) is 1.10. The van der Waals surface area contributed by atoms with Crippen molar-refractivity contribution in [2.24, 2.45) is 0 Å². The lowest BCUT2D eigenvalue weighted by Gasteiger charge is -2.11. The molecule has 0 atom stereocenters. The fraction of sp³-hybridized carbons (Fsp3) is 0.238. The first-order valence-electron chi connectivity index (χ1n) is 8.50.